The molecule has 0 aliphatic heterocycles. The van der Waals surface area contributed by atoms with Crippen molar-refractivity contribution < 1.29 is 14.7 Å². The Balaban J connectivity index is 1.82. The van der Waals surface area contributed by atoms with Gasteiger partial charge in [-0.25, -0.2) is 0 Å². The van der Waals surface area contributed by atoms with Crippen LogP contribution in [0.5, 0.6) is 0 Å². The quantitative estimate of drug-likeness (QED) is 0.857. The van der Waals surface area contributed by atoms with Crippen LogP contribution in [0.25, 0.3) is 0 Å². The Morgan fingerprint density at radius 3 is 2.79 bits per heavy atom. The van der Waals surface area contributed by atoms with Crippen LogP contribution in [-0.4, -0.2) is 28.0 Å². The van der Waals surface area contributed by atoms with Gasteiger partial charge in [0.15, 0.2) is 0 Å². The molecule has 1 amide bonds. The van der Waals surface area contributed by atoms with E-state index in [1.165, 1.54) is 0 Å². The topological polar surface area (TPSA) is 79.3 Å². The second-order valence-corrected chi connectivity index (χ2v) is 5.10. The largest absolute Gasteiger partial charge is 0.481 e. The van der Waals surface area contributed by atoms with Crippen LogP contribution >= 0.6 is 0 Å². The van der Waals surface area contributed by atoms with Gasteiger partial charge < -0.3 is 10.4 Å². The summed E-state index contributed by atoms with van der Waals surface area (Å²) >= 11 is 0. The van der Waals surface area contributed by atoms with E-state index in [0.29, 0.717) is 19.3 Å². The molecule has 2 atom stereocenters. The summed E-state index contributed by atoms with van der Waals surface area (Å²) in [5, 5.41) is 11.8. The van der Waals surface area contributed by atoms with Crippen LogP contribution in [0.2, 0.25) is 0 Å². The Labute approximate surface area is 112 Å². The molecule has 1 aromatic rings. The maximum absolute atomic E-state index is 11.8. The lowest BCUT2D eigenvalue weighted by Gasteiger charge is -2.12. The molecule has 1 heterocycles. The first kappa shape index (κ1) is 13.5. The predicted octanol–water partition coefficient (Wildman–Crippen LogP) is 1.30. The monoisotopic (exact) mass is 262 g/mol. The maximum atomic E-state index is 11.8. The third-order valence-electron chi connectivity index (χ3n) is 3.48. The van der Waals surface area contributed by atoms with Gasteiger partial charge in [-0.2, -0.15) is 0 Å². The van der Waals surface area contributed by atoms with E-state index in [1.54, 1.807) is 6.20 Å². The van der Waals surface area contributed by atoms with E-state index in [0.717, 1.165) is 17.7 Å². The molecule has 1 fully saturated rings. The minimum absolute atomic E-state index is 0.00740. The Morgan fingerprint density at radius 1 is 1.42 bits per heavy atom. The highest BCUT2D eigenvalue weighted by Crippen LogP contribution is 2.25. The number of aryl methyl sites for hydroxylation is 1. The number of carboxylic acid groups (broad SMARTS) is 1. The fourth-order valence-electron chi connectivity index (χ4n) is 2.40. The van der Waals surface area contributed by atoms with Crippen LogP contribution in [0.3, 0.4) is 0 Å². The molecular formula is C14H18N2O3. The van der Waals surface area contributed by atoms with Crippen LogP contribution < -0.4 is 5.32 Å². The lowest BCUT2D eigenvalue weighted by molar-refractivity contribution is -0.141. The summed E-state index contributed by atoms with van der Waals surface area (Å²) in [5.74, 6) is -1.15. The molecule has 1 aromatic heterocycles. The number of hydrogen-bond donors (Lipinski definition) is 2. The summed E-state index contributed by atoms with van der Waals surface area (Å²) in [6.45, 7) is 1.90. The highest BCUT2D eigenvalue weighted by atomic mass is 16.4. The molecule has 0 unspecified atom stereocenters. The van der Waals surface area contributed by atoms with Gasteiger partial charge >= 0.3 is 5.97 Å². The van der Waals surface area contributed by atoms with E-state index < -0.39 is 5.97 Å². The van der Waals surface area contributed by atoms with Gasteiger partial charge in [-0.1, -0.05) is 6.07 Å². The normalized spacial score (nSPS) is 22.2. The predicted molar refractivity (Wildman–Crippen MR) is 69.6 cm³/mol. The van der Waals surface area contributed by atoms with Crippen molar-refractivity contribution in [3.8, 4) is 0 Å². The first-order valence-corrected chi connectivity index (χ1v) is 6.48. The van der Waals surface area contributed by atoms with E-state index in [2.05, 4.69) is 10.3 Å². The van der Waals surface area contributed by atoms with Crippen LogP contribution in [-0.2, 0) is 16.0 Å². The lowest BCUT2D eigenvalue weighted by atomic mass is 10.1. The Bertz CT molecular complexity index is 470. The Hall–Kier alpha value is -1.91. The second kappa shape index (κ2) is 5.82. The third-order valence-corrected chi connectivity index (χ3v) is 3.48. The van der Waals surface area contributed by atoms with Crippen molar-refractivity contribution in [1.82, 2.24) is 10.3 Å². The fourth-order valence-corrected chi connectivity index (χ4v) is 2.40. The number of amides is 1. The zero-order valence-electron chi connectivity index (χ0n) is 10.9. The van der Waals surface area contributed by atoms with Gasteiger partial charge in [0.1, 0.15) is 0 Å². The van der Waals surface area contributed by atoms with Crippen molar-refractivity contribution in [3.05, 3.63) is 29.6 Å². The molecule has 1 saturated carbocycles. The summed E-state index contributed by atoms with van der Waals surface area (Å²) in [6.07, 6.45) is 3.92. The lowest BCUT2D eigenvalue weighted by Crippen LogP contribution is -2.34. The zero-order valence-corrected chi connectivity index (χ0v) is 10.9. The van der Waals surface area contributed by atoms with Gasteiger partial charge in [-0.15, -0.1) is 0 Å². The molecule has 5 heteroatoms. The number of aromatic nitrogens is 1. The van der Waals surface area contributed by atoms with Gasteiger partial charge in [-0.05, 0) is 37.8 Å². The van der Waals surface area contributed by atoms with E-state index >= 15 is 0 Å². The van der Waals surface area contributed by atoms with Crippen molar-refractivity contribution >= 4 is 11.9 Å². The summed E-state index contributed by atoms with van der Waals surface area (Å²) in [4.78, 5) is 26.8. The number of pyridine rings is 1. The number of rotatable bonds is 4. The van der Waals surface area contributed by atoms with Crippen molar-refractivity contribution in [2.45, 2.75) is 38.6 Å². The van der Waals surface area contributed by atoms with Gasteiger partial charge in [0, 0.05) is 17.9 Å². The molecule has 0 spiro atoms. The van der Waals surface area contributed by atoms with Gasteiger partial charge in [0.05, 0.1) is 12.3 Å². The summed E-state index contributed by atoms with van der Waals surface area (Å²) in [6, 6.07) is 3.75. The van der Waals surface area contributed by atoms with Crippen molar-refractivity contribution in [3.63, 3.8) is 0 Å². The molecule has 1 aliphatic rings. The Morgan fingerprint density at radius 2 is 2.21 bits per heavy atom. The van der Waals surface area contributed by atoms with Crippen molar-refractivity contribution in [1.29, 1.82) is 0 Å². The number of carbonyl (C=O) groups is 2. The maximum Gasteiger partial charge on any atom is 0.306 e. The van der Waals surface area contributed by atoms with Gasteiger partial charge in [0.2, 0.25) is 5.91 Å². The molecule has 2 N–H and O–H groups in total. The van der Waals surface area contributed by atoms with Crippen LogP contribution in [0.1, 0.15) is 30.5 Å². The molecule has 0 aromatic carbocycles. The molecule has 0 bridgehead atoms. The molecule has 2 rings (SSSR count). The number of nitrogens with one attached hydrogen (secondary N) is 1. The minimum atomic E-state index is -0.764. The van der Waals surface area contributed by atoms with Gasteiger partial charge in [0.25, 0.3) is 0 Å². The van der Waals surface area contributed by atoms with Crippen LogP contribution in [0.15, 0.2) is 18.3 Å². The smallest absolute Gasteiger partial charge is 0.306 e. The summed E-state index contributed by atoms with van der Waals surface area (Å²) < 4.78 is 0. The van der Waals surface area contributed by atoms with Crippen molar-refractivity contribution in [2.24, 2.45) is 5.92 Å². The van der Waals surface area contributed by atoms with E-state index in [4.69, 9.17) is 5.11 Å². The number of carbonyl (C=O) groups excluding carboxylic acids is 1. The molecule has 0 radical (unpaired) electrons. The second-order valence-electron chi connectivity index (χ2n) is 5.10. The average molecular weight is 262 g/mol. The highest BCUT2D eigenvalue weighted by Gasteiger charge is 2.30. The van der Waals surface area contributed by atoms with E-state index in [1.807, 2.05) is 19.1 Å². The van der Waals surface area contributed by atoms with Gasteiger partial charge in [-0.3, -0.25) is 14.6 Å². The van der Waals surface area contributed by atoms with Crippen LogP contribution in [0, 0.1) is 12.8 Å². The molecule has 102 valence electrons. The van der Waals surface area contributed by atoms with Crippen molar-refractivity contribution in [2.75, 3.05) is 0 Å². The minimum Gasteiger partial charge on any atom is -0.481 e. The molecule has 19 heavy (non-hydrogen) atoms. The number of aliphatic carboxylic acids is 1. The Kier molecular flexibility index (Phi) is 4.14. The number of nitrogens with zero attached hydrogens (tertiary/aromatic N) is 1. The third kappa shape index (κ3) is 3.77. The first-order valence-electron chi connectivity index (χ1n) is 6.48. The summed E-state index contributed by atoms with van der Waals surface area (Å²) in [5.41, 5.74) is 1.79. The number of hydrogen-bond acceptors (Lipinski definition) is 3. The van der Waals surface area contributed by atoms with E-state index in [9.17, 15) is 9.59 Å². The number of carboxylic acids is 1. The molecular weight excluding hydrogens is 244 g/mol. The molecule has 5 nitrogen and oxygen atoms in total. The standard InChI is InChI=1S/C14H18N2O3/c1-9-2-3-10(8-15-9)6-13(17)16-12-5-4-11(7-12)14(18)19/h2-3,8,11-12H,4-7H2,1H3,(H,16,17)(H,18,19)/t11-,12+/m0/s1. The highest BCUT2D eigenvalue weighted by molar-refractivity contribution is 5.79. The average Bonchev–Trinajstić information content (AvgIpc) is 2.80. The zero-order chi connectivity index (χ0) is 13.8. The molecule has 1 aliphatic carbocycles. The van der Waals surface area contributed by atoms with Crippen LogP contribution in [0.4, 0.5) is 0 Å². The summed E-state index contributed by atoms with van der Waals surface area (Å²) in [7, 11) is 0. The SMILES string of the molecule is Cc1ccc(CC(=O)N[C@@H]2CC[C@H](C(=O)O)C2)cn1. The first-order chi connectivity index (χ1) is 9.04. The molecule has 0 saturated heterocycles. The fraction of sp³-hybridized carbons (Fsp3) is 0.500. The van der Waals surface area contributed by atoms with E-state index in [-0.39, 0.29) is 17.9 Å².